The van der Waals surface area contributed by atoms with Crippen LogP contribution in [0.25, 0.3) is 27.4 Å². The molecule has 6 nitrogen and oxygen atoms in total. The summed E-state index contributed by atoms with van der Waals surface area (Å²) in [6, 6.07) is 3.72. The van der Waals surface area contributed by atoms with E-state index in [-0.39, 0.29) is 11.1 Å². The summed E-state index contributed by atoms with van der Waals surface area (Å²) >= 11 is 1.75. The van der Waals surface area contributed by atoms with Gasteiger partial charge in [0, 0.05) is 16.0 Å². The molecule has 1 N–H and O–H groups in total. The predicted octanol–water partition coefficient (Wildman–Crippen LogP) is 3.76. The first-order valence-corrected chi connectivity index (χ1v) is 9.16. The second kappa shape index (κ2) is 4.68. The molecule has 0 amide bonds. The quantitative estimate of drug-likeness (QED) is 0.564. The van der Waals surface area contributed by atoms with Crippen LogP contribution in [0.3, 0.4) is 0 Å². The molecule has 0 saturated carbocycles. The number of hydrogen-bond donors (Lipinski definition) is 1. The van der Waals surface area contributed by atoms with Crippen LogP contribution >= 0.6 is 11.3 Å². The first-order chi connectivity index (χ1) is 11.8. The average Bonchev–Trinajstić information content (AvgIpc) is 3.21. The maximum Gasteiger partial charge on any atom is 0.217 e. The van der Waals surface area contributed by atoms with E-state index in [1.54, 1.807) is 28.4 Å². The highest BCUT2D eigenvalue weighted by molar-refractivity contribution is 7.19. The van der Waals surface area contributed by atoms with Crippen LogP contribution in [0.5, 0.6) is 0 Å². The zero-order valence-corrected chi connectivity index (χ0v) is 15.4. The van der Waals surface area contributed by atoms with E-state index in [0.717, 1.165) is 22.3 Å². The van der Waals surface area contributed by atoms with Crippen molar-refractivity contribution >= 4 is 27.2 Å². The number of nitrogens with zero attached hydrogens (tertiary/aromatic N) is 4. The molecule has 5 rings (SSSR count). The molecule has 0 atom stereocenters. The van der Waals surface area contributed by atoms with Crippen LogP contribution in [0.1, 0.15) is 38.1 Å². The van der Waals surface area contributed by atoms with Crippen molar-refractivity contribution in [1.82, 2.24) is 24.9 Å². The van der Waals surface area contributed by atoms with Crippen molar-refractivity contribution in [2.45, 2.75) is 45.2 Å². The van der Waals surface area contributed by atoms with Gasteiger partial charge in [0.1, 0.15) is 11.2 Å². The van der Waals surface area contributed by atoms with E-state index in [1.165, 1.54) is 10.4 Å². The Labute approximate surface area is 148 Å². The fourth-order valence-corrected chi connectivity index (χ4v) is 5.24. The highest BCUT2D eigenvalue weighted by atomic mass is 32.1. The Morgan fingerprint density at radius 2 is 2.12 bits per heavy atom. The van der Waals surface area contributed by atoms with Gasteiger partial charge in [-0.1, -0.05) is 0 Å². The molecule has 1 aliphatic rings. The molecule has 0 spiro atoms. The van der Waals surface area contributed by atoms with Crippen LogP contribution < -0.4 is 5.32 Å². The monoisotopic (exact) mass is 353 g/mol. The van der Waals surface area contributed by atoms with Crippen molar-refractivity contribution in [2.75, 3.05) is 0 Å². The second-order valence-electron chi connectivity index (χ2n) is 7.83. The van der Waals surface area contributed by atoms with Gasteiger partial charge in [-0.3, -0.25) is 0 Å². The van der Waals surface area contributed by atoms with Gasteiger partial charge in [-0.25, -0.2) is 14.5 Å². The topological polar surface area (TPSA) is 68.2 Å². The standard InChI is InChI=1S/C18H19N5OS/c1-17(2)8-10-12-15-20-14(11-6-5-7-24-11)21-23(15)9-19-16(12)25-13(10)18(3,4)22-17/h5-7,9,22H,8H2,1-4H3. The third kappa shape index (κ3) is 2.15. The number of nitrogens with one attached hydrogen (secondary N) is 1. The summed E-state index contributed by atoms with van der Waals surface area (Å²) in [5, 5.41) is 9.42. The van der Waals surface area contributed by atoms with E-state index >= 15 is 0 Å². The number of hydrogen-bond acceptors (Lipinski definition) is 6. The van der Waals surface area contributed by atoms with Crippen LogP contribution in [-0.4, -0.2) is 25.1 Å². The second-order valence-corrected chi connectivity index (χ2v) is 8.83. The first kappa shape index (κ1) is 15.0. The Kier molecular flexibility index (Phi) is 2.81. The maximum absolute atomic E-state index is 5.46. The highest BCUT2D eigenvalue weighted by Gasteiger charge is 2.39. The number of furan rings is 1. The summed E-state index contributed by atoms with van der Waals surface area (Å²) in [5.41, 5.74) is 2.11. The van der Waals surface area contributed by atoms with Crippen molar-refractivity contribution in [3.63, 3.8) is 0 Å². The average molecular weight is 353 g/mol. The lowest BCUT2D eigenvalue weighted by atomic mass is 9.82. The van der Waals surface area contributed by atoms with E-state index in [4.69, 9.17) is 9.40 Å². The molecule has 0 unspecified atom stereocenters. The van der Waals surface area contributed by atoms with Gasteiger partial charge in [0.15, 0.2) is 11.4 Å². The van der Waals surface area contributed by atoms with Gasteiger partial charge in [0.25, 0.3) is 0 Å². The van der Waals surface area contributed by atoms with E-state index in [2.05, 4.69) is 43.1 Å². The lowest BCUT2D eigenvalue weighted by Crippen LogP contribution is -2.54. The lowest BCUT2D eigenvalue weighted by Gasteiger charge is -2.42. The zero-order chi connectivity index (χ0) is 17.4. The van der Waals surface area contributed by atoms with Crippen molar-refractivity contribution in [2.24, 2.45) is 0 Å². The number of fused-ring (bicyclic) bond motifs is 5. The molecule has 0 fully saturated rings. The Morgan fingerprint density at radius 3 is 2.88 bits per heavy atom. The Hall–Kier alpha value is -2.25. The van der Waals surface area contributed by atoms with Crippen LogP contribution in [0.15, 0.2) is 29.1 Å². The van der Waals surface area contributed by atoms with Gasteiger partial charge in [0.05, 0.1) is 11.6 Å². The molecule has 4 aromatic rings. The number of thiophene rings is 1. The molecule has 7 heteroatoms. The Bertz CT molecular complexity index is 1100. The molecular formula is C18H19N5OS. The largest absolute Gasteiger partial charge is 0.461 e. The van der Waals surface area contributed by atoms with Crippen LogP contribution in [0, 0.1) is 0 Å². The molecule has 5 heterocycles. The van der Waals surface area contributed by atoms with Crippen molar-refractivity contribution < 1.29 is 4.42 Å². The summed E-state index contributed by atoms with van der Waals surface area (Å²) in [6.07, 6.45) is 4.32. The first-order valence-electron chi connectivity index (χ1n) is 8.34. The molecule has 0 bridgehead atoms. The molecule has 128 valence electrons. The molecule has 0 radical (unpaired) electrons. The van der Waals surface area contributed by atoms with Gasteiger partial charge < -0.3 is 9.73 Å². The lowest BCUT2D eigenvalue weighted by molar-refractivity contribution is 0.248. The fourth-order valence-electron chi connectivity index (χ4n) is 4.03. The maximum atomic E-state index is 5.46. The molecule has 1 aliphatic heterocycles. The third-order valence-corrected chi connectivity index (χ3v) is 6.17. The summed E-state index contributed by atoms with van der Waals surface area (Å²) in [6.45, 7) is 8.95. The SMILES string of the molecule is CC1(C)Cc2c(sc3ncn4nc(-c5ccco5)nc4c23)C(C)(C)N1. The van der Waals surface area contributed by atoms with E-state index in [0.29, 0.717) is 11.6 Å². The van der Waals surface area contributed by atoms with Gasteiger partial charge in [0.2, 0.25) is 5.82 Å². The van der Waals surface area contributed by atoms with E-state index in [9.17, 15) is 0 Å². The smallest absolute Gasteiger partial charge is 0.217 e. The summed E-state index contributed by atoms with van der Waals surface area (Å²) in [4.78, 5) is 11.8. The predicted molar refractivity (Wildman–Crippen MR) is 97.8 cm³/mol. The number of rotatable bonds is 1. The molecule has 0 saturated heterocycles. The van der Waals surface area contributed by atoms with Crippen molar-refractivity contribution in [1.29, 1.82) is 0 Å². The van der Waals surface area contributed by atoms with Gasteiger partial charge in [-0.2, -0.15) is 0 Å². The minimum Gasteiger partial charge on any atom is -0.461 e. The third-order valence-electron chi connectivity index (χ3n) is 4.71. The highest BCUT2D eigenvalue weighted by Crippen LogP contribution is 2.44. The summed E-state index contributed by atoms with van der Waals surface area (Å²) in [5.74, 6) is 1.26. The normalized spacial score (nSPS) is 18.7. The van der Waals surface area contributed by atoms with E-state index in [1.807, 2.05) is 12.1 Å². The fraction of sp³-hybridized carbons (Fsp3) is 0.389. The van der Waals surface area contributed by atoms with Crippen LogP contribution in [0.4, 0.5) is 0 Å². The van der Waals surface area contributed by atoms with E-state index < -0.39 is 0 Å². The molecule has 0 aromatic carbocycles. The summed E-state index contributed by atoms with van der Waals surface area (Å²) < 4.78 is 7.21. The molecule has 0 aliphatic carbocycles. The van der Waals surface area contributed by atoms with Crippen LogP contribution in [-0.2, 0) is 12.0 Å². The minimum absolute atomic E-state index is 0.0151. The van der Waals surface area contributed by atoms with Gasteiger partial charge in [-0.15, -0.1) is 16.4 Å². The van der Waals surface area contributed by atoms with Gasteiger partial charge in [-0.05, 0) is 51.8 Å². The molecule has 25 heavy (non-hydrogen) atoms. The van der Waals surface area contributed by atoms with Crippen molar-refractivity contribution in [3.05, 3.63) is 35.2 Å². The summed E-state index contributed by atoms with van der Waals surface area (Å²) in [7, 11) is 0. The molecular weight excluding hydrogens is 334 g/mol. The molecule has 4 aromatic heterocycles. The zero-order valence-electron chi connectivity index (χ0n) is 14.6. The van der Waals surface area contributed by atoms with Crippen molar-refractivity contribution in [3.8, 4) is 11.6 Å². The van der Waals surface area contributed by atoms with Gasteiger partial charge >= 0.3 is 0 Å². The Morgan fingerprint density at radius 1 is 1.28 bits per heavy atom. The van der Waals surface area contributed by atoms with Crippen LogP contribution in [0.2, 0.25) is 0 Å². The minimum atomic E-state index is -0.0939. The Balaban J connectivity index is 1.83. The number of aromatic nitrogens is 4.